The monoisotopic (exact) mass is 258 g/mol. The minimum Gasteiger partial charge on any atom is -0.378 e. The lowest BCUT2D eigenvalue weighted by atomic mass is 10.2. The van der Waals surface area contributed by atoms with E-state index in [0.29, 0.717) is 43.2 Å². The molecule has 0 aromatic carbocycles. The van der Waals surface area contributed by atoms with Crippen LogP contribution in [0.15, 0.2) is 24.4 Å². The van der Waals surface area contributed by atoms with Crippen LogP contribution in [0.4, 0.5) is 5.82 Å². The number of morpholine rings is 1. The second-order valence-electron chi connectivity index (χ2n) is 4.36. The fourth-order valence-electron chi connectivity index (χ4n) is 2.19. The number of aromatic nitrogens is 2. The average Bonchev–Trinajstić information content (AvgIpc) is 2.46. The quantitative estimate of drug-likeness (QED) is 0.851. The average molecular weight is 258 g/mol. The summed E-state index contributed by atoms with van der Waals surface area (Å²) in [6.45, 7) is 2.67. The number of nitrogens with zero attached hydrogens (tertiary/aromatic N) is 3. The number of anilines is 1. The second-order valence-corrected chi connectivity index (χ2v) is 4.36. The Balaban J connectivity index is 2.14. The van der Waals surface area contributed by atoms with Crippen molar-refractivity contribution in [1.29, 1.82) is 0 Å². The summed E-state index contributed by atoms with van der Waals surface area (Å²) < 4.78 is 5.31. The maximum Gasteiger partial charge on any atom is 0.252 e. The lowest BCUT2D eigenvalue weighted by molar-refractivity contribution is 0.0998. The molecule has 1 saturated heterocycles. The van der Waals surface area contributed by atoms with E-state index in [1.54, 1.807) is 12.3 Å². The maximum atomic E-state index is 11.6. The number of hydrogen-bond acceptors (Lipinski definition) is 5. The lowest BCUT2D eigenvalue weighted by Crippen LogP contribution is -2.38. The summed E-state index contributed by atoms with van der Waals surface area (Å²) in [5.74, 6) is 0.137. The number of amides is 1. The first kappa shape index (κ1) is 11.9. The van der Waals surface area contributed by atoms with E-state index < -0.39 is 5.91 Å². The molecule has 0 bridgehead atoms. The van der Waals surface area contributed by atoms with Gasteiger partial charge in [0, 0.05) is 19.3 Å². The molecule has 6 nitrogen and oxygen atoms in total. The number of hydrogen-bond donors (Lipinski definition) is 1. The van der Waals surface area contributed by atoms with Crippen LogP contribution in [-0.4, -0.2) is 42.2 Å². The summed E-state index contributed by atoms with van der Waals surface area (Å²) >= 11 is 0. The summed E-state index contributed by atoms with van der Waals surface area (Å²) in [7, 11) is 0. The largest absolute Gasteiger partial charge is 0.378 e. The van der Waals surface area contributed by atoms with Gasteiger partial charge in [-0.1, -0.05) is 0 Å². The summed E-state index contributed by atoms with van der Waals surface area (Å²) in [5, 5.41) is 0. The van der Waals surface area contributed by atoms with Gasteiger partial charge in [0.1, 0.15) is 5.82 Å². The molecule has 1 fully saturated rings. The maximum absolute atomic E-state index is 11.6. The molecule has 3 rings (SSSR count). The number of carbonyl (C=O) groups excluding carboxylic acids is 1. The van der Waals surface area contributed by atoms with E-state index in [0.717, 1.165) is 5.52 Å². The zero-order chi connectivity index (χ0) is 13.2. The van der Waals surface area contributed by atoms with Crippen LogP contribution in [0.2, 0.25) is 0 Å². The third kappa shape index (κ3) is 2.22. The topological polar surface area (TPSA) is 81.3 Å². The number of pyridine rings is 2. The SMILES string of the molecule is NC(=O)c1cc2ncccc2nc1N1CCOCC1. The molecule has 2 aromatic heterocycles. The standard InChI is InChI=1S/C13H14N4O2/c14-12(18)9-8-11-10(2-1-3-15-11)16-13(9)17-4-6-19-7-5-17/h1-3,8H,4-7H2,(H2,14,18). The Hall–Kier alpha value is -2.21. The number of fused-ring (bicyclic) bond motifs is 1. The van der Waals surface area contributed by atoms with Crippen LogP contribution < -0.4 is 10.6 Å². The van der Waals surface area contributed by atoms with Crippen molar-refractivity contribution in [3.63, 3.8) is 0 Å². The number of nitrogens with two attached hydrogens (primary N) is 1. The molecule has 1 amide bonds. The van der Waals surface area contributed by atoms with Crippen molar-refractivity contribution >= 4 is 22.8 Å². The van der Waals surface area contributed by atoms with Gasteiger partial charge in [0.05, 0.1) is 29.8 Å². The molecule has 1 aliphatic heterocycles. The van der Waals surface area contributed by atoms with Gasteiger partial charge in [-0.3, -0.25) is 9.78 Å². The number of carbonyl (C=O) groups is 1. The molecular formula is C13H14N4O2. The van der Waals surface area contributed by atoms with Crippen molar-refractivity contribution < 1.29 is 9.53 Å². The van der Waals surface area contributed by atoms with Crippen LogP contribution in [0.5, 0.6) is 0 Å². The van der Waals surface area contributed by atoms with Crippen molar-refractivity contribution in [1.82, 2.24) is 9.97 Å². The predicted octanol–water partition coefficient (Wildman–Crippen LogP) is 0.565. The van der Waals surface area contributed by atoms with Crippen LogP contribution in [0.1, 0.15) is 10.4 Å². The van der Waals surface area contributed by atoms with Crippen molar-refractivity contribution in [2.45, 2.75) is 0 Å². The first-order valence-corrected chi connectivity index (χ1v) is 6.14. The van der Waals surface area contributed by atoms with Gasteiger partial charge in [-0.25, -0.2) is 4.98 Å². The highest BCUT2D eigenvalue weighted by Gasteiger charge is 2.20. The Bertz CT molecular complexity index is 623. The molecule has 0 atom stereocenters. The zero-order valence-corrected chi connectivity index (χ0v) is 10.4. The Kier molecular flexibility index (Phi) is 3.00. The van der Waals surface area contributed by atoms with E-state index in [2.05, 4.69) is 9.97 Å². The summed E-state index contributed by atoms with van der Waals surface area (Å²) in [5.41, 5.74) is 7.29. The second kappa shape index (κ2) is 4.81. The molecule has 2 aromatic rings. The predicted molar refractivity (Wildman–Crippen MR) is 71.1 cm³/mol. The molecule has 6 heteroatoms. The van der Waals surface area contributed by atoms with Gasteiger partial charge in [-0.05, 0) is 18.2 Å². The minimum absolute atomic E-state index is 0.410. The molecule has 0 radical (unpaired) electrons. The Morgan fingerprint density at radius 1 is 1.32 bits per heavy atom. The molecule has 98 valence electrons. The highest BCUT2D eigenvalue weighted by molar-refractivity contribution is 6.00. The van der Waals surface area contributed by atoms with E-state index in [1.165, 1.54) is 0 Å². The van der Waals surface area contributed by atoms with Crippen molar-refractivity contribution in [3.05, 3.63) is 30.0 Å². The van der Waals surface area contributed by atoms with E-state index in [1.807, 2.05) is 17.0 Å². The van der Waals surface area contributed by atoms with Crippen molar-refractivity contribution in [2.24, 2.45) is 5.73 Å². The smallest absolute Gasteiger partial charge is 0.252 e. The molecule has 0 unspecified atom stereocenters. The molecule has 3 heterocycles. The van der Waals surface area contributed by atoms with Gasteiger partial charge in [0.25, 0.3) is 5.91 Å². The first-order chi connectivity index (χ1) is 9.25. The number of rotatable bonds is 2. The van der Waals surface area contributed by atoms with Gasteiger partial charge in [-0.15, -0.1) is 0 Å². The highest BCUT2D eigenvalue weighted by atomic mass is 16.5. The van der Waals surface area contributed by atoms with E-state index in [-0.39, 0.29) is 0 Å². The van der Waals surface area contributed by atoms with Crippen molar-refractivity contribution in [2.75, 3.05) is 31.2 Å². The third-order valence-corrected chi connectivity index (χ3v) is 3.14. The van der Waals surface area contributed by atoms with Crippen molar-refractivity contribution in [3.8, 4) is 0 Å². The van der Waals surface area contributed by atoms with Gasteiger partial charge >= 0.3 is 0 Å². The molecular weight excluding hydrogens is 244 g/mol. The normalized spacial score (nSPS) is 15.7. The Morgan fingerprint density at radius 2 is 2.11 bits per heavy atom. The molecule has 19 heavy (non-hydrogen) atoms. The van der Waals surface area contributed by atoms with Crippen LogP contribution in [0.25, 0.3) is 11.0 Å². The lowest BCUT2D eigenvalue weighted by Gasteiger charge is -2.29. The highest BCUT2D eigenvalue weighted by Crippen LogP contribution is 2.23. The van der Waals surface area contributed by atoms with Gasteiger partial charge in [0.15, 0.2) is 0 Å². The summed E-state index contributed by atoms with van der Waals surface area (Å²) in [6, 6.07) is 5.40. The summed E-state index contributed by atoms with van der Waals surface area (Å²) in [6.07, 6.45) is 1.67. The zero-order valence-electron chi connectivity index (χ0n) is 10.4. The van der Waals surface area contributed by atoms with Crippen LogP contribution in [0.3, 0.4) is 0 Å². The Labute approximate surface area is 110 Å². The van der Waals surface area contributed by atoms with Crippen LogP contribution in [-0.2, 0) is 4.74 Å². The number of primary amides is 1. The van der Waals surface area contributed by atoms with E-state index in [4.69, 9.17) is 10.5 Å². The van der Waals surface area contributed by atoms with Gasteiger partial charge in [-0.2, -0.15) is 0 Å². The summed E-state index contributed by atoms with van der Waals surface area (Å²) in [4.78, 5) is 22.4. The van der Waals surface area contributed by atoms with Crippen LogP contribution >= 0.6 is 0 Å². The minimum atomic E-state index is -0.485. The Morgan fingerprint density at radius 3 is 2.84 bits per heavy atom. The van der Waals surface area contributed by atoms with Gasteiger partial charge < -0.3 is 15.4 Å². The first-order valence-electron chi connectivity index (χ1n) is 6.14. The fraction of sp³-hybridized carbons (Fsp3) is 0.308. The third-order valence-electron chi connectivity index (χ3n) is 3.14. The molecule has 0 saturated carbocycles. The molecule has 0 spiro atoms. The fourth-order valence-corrected chi connectivity index (χ4v) is 2.19. The van der Waals surface area contributed by atoms with E-state index >= 15 is 0 Å². The molecule has 2 N–H and O–H groups in total. The molecule has 1 aliphatic rings. The van der Waals surface area contributed by atoms with Gasteiger partial charge in [0.2, 0.25) is 0 Å². The number of ether oxygens (including phenoxy) is 1. The van der Waals surface area contributed by atoms with E-state index in [9.17, 15) is 4.79 Å². The molecule has 0 aliphatic carbocycles. The van der Waals surface area contributed by atoms with Crippen LogP contribution in [0, 0.1) is 0 Å².